The molecule has 0 aliphatic carbocycles. The summed E-state index contributed by atoms with van der Waals surface area (Å²) in [4.78, 5) is 0. The van der Waals surface area contributed by atoms with Crippen LogP contribution < -0.4 is 9.47 Å². The Kier molecular flexibility index (Phi) is 4.35. The Morgan fingerprint density at radius 2 is 1.89 bits per heavy atom. The Labute approximate surface area is 111 Å². The number of hydrogen-bond donors (Lipinski definition) is 1. The second-order valence-corrected chi connectivity index (χ2v) is 3.79. The lowest BCUT2D eigenvalue weighted by molar-refractivity contribution is 0.273. The smallest absolute Gasteiger partial charge is 0.163 e. The second kappa shape index (κ2) is 6.19. The highest BCUT2D eigenvalue weighted by Gasteiger charge is 2.10. The van der Waals surface area contributed by atoms with Crippen molar-refractivity contribution in [1.29, 1.82) is 0 Å². The van der Waals surface area contributed by atoms with Gasteiger partial charge in [-0.2, -0.15) is 0 Å². The molecule has 0 atom stereocenters. The summed E-state index contributed by atoms with van der Waals surface area (Å²) in [7, 11) is 0. The van der Waals surface area contributed by atoms with Gasteiger partial charge in [0.15, 0.2) is 11.5 Å². The summed E-state index contributed by atoms with van der Waals surface area (Å²) in [6, 6.07) is 5.50. The van der Waals surface area contributed by atoms with Crippen LogP contribution in [-0.2, 0) is 6.61 Å². The molecule has 0 aliphatic heterocycles. The van der Waals surface area contributed by atoms with Crippen LogP contribution in [-0.4, -0.2) is 33.3 Å². The molecule has 0 saturated carbocycles. The Morgan fingerprint density at radius 3 is 2.58 bits per heavy atom. The molecule has 1 aromatic heterocycles. The van der Waals surface area contributed by atoms with Crippen LogP contribution in [0.4, 0.5) is 0 Å². The first-order valence-electron chi connectivity index (χ1n) is 6.20. The van der Waals surface area contributed by atoms with Gasteiger partial charge >= 0.3 is 0 Å². The van der Waals surface area contributed by atoms with Gasteiger partial charge in [-0.3, -0.25) is 0 Å². The molecule has 1 heterocycles. The minimum absolute atomic E-state index is 0.121. The van der Waals surface area contributed by atoms with Gasteiger partial charge in [-0.1, -0.05) is 5.21 Å². The molecule has 6 nitrogen and oxygen atoms in total. The molecule has 0 fully saturated rings. The highest BCUT2D eigenvalue weighted by Crippen LogP contribution is 2.30. The molecule has 0 bridgehead atoms. The highest BCUT2D eigenvalue weighted by molar-refractivity contribution is 5.48. The normalized spacial score (nSPS) is 10.5. The van der Waals surface area contributed by atoms with Crippen LogP contribution in [0, 0.1) is 0 Å². The summed E-state index contributed by atoms with van der Waals surface area (Å²) in [6.45, 7) is 4.84. The fraction of sp³-hybridized carbons (Fsp3) is 0.385. The fourth-order valence-electron chi connectivity index (χ4n) is 1.75. The number of aliphatic hydroxyl groups is 1. The van der Waals surface area contributed by atoms with Crippen LogP contribution in [0.3, 0.4) is 0 Å². The molecule has 0 unspecified atom stereocenters. The lowest BCUT2D eigenvalue weighted by Crippen LogP contribution is -2.04. The van der Waals surface area contributed by atoms with Gasteiger partial charge in [0.25, 0.3) is 0 Å². The molecule has 0 aliphatic rings. The van der Waals surface area contributed by atoms with E-state index < -0.39 is 0 Å². The minimum atomic E-state index is -0.121. The summed E-state index contributed by atoms with van der Waals surface area (Å²) < 4.78 is 12.6. The standard InChI is InChI=1S/C13H17N3O3/c1-3-18-12-6-5-10(7-13(12)19-4-2)16-11(9-17)8-14-15-16/h5-8,17H,3-4,9H2,1-2H3. The largest absolute Gasteiger partial charge is 0.490 e. The van der Waals surface area contributed by atoms with Crippen molar-refractivity contribution in [3.63, 3.8) is 0 Å². The van der Waals surface area contributed by atoms with Crippen LogP contribution in [0.25, 0.3) is 5.69 Å². The van der Waals surface area contributed by atoms with Crippen molar-refractivity contribution in [3.05, 3.63) is 30.1 Å². The van der Waals surface area contributed by atoms with E-state index in [9.17, 15) is 5.11 Å². The monoisotopic (exact) mass is 263 g/mol. The number of ether oxygens (including phenoxy) is 2. The van der Waals surface area contributed by atoms with E-state index in [1.165, 1.54) is 6.20 Å². The van der Waals surface area contributed by atoms with Crippen molar-refractivity contribution in [1.82, 2.24) is 15.0 Å². The molecule has 1 aromatic carbocycles. The number of hydrogen-bond acceptors (Lipinski definition) is 5. The Bertz CT molecular complexity index is 540. The predicted molar refractivity (Wildman–Crippen MR) is 69.6 cm³/mol. The Morgan fingerprint density at radius 1 is 1.16 bits per heavy atom. The van der Waals surface area contributed by atoms with Gasteiger partial charge < -0.3 is 14.6 Å². The molecule has 0 saturated heterocycles. The van der Waals surface area contributed by atoms with Crippen LogP contribution in [0.1, 0.15) is 19.5 Å². The molecule has 2 rings (SSSR count). The van der Waals surface area contributed by atoms with E-state index in [0.717, 1.165) is 5.69 Å². The first-order chi connectivity index (χ1) is 9.30. The quantitative estimate of drug-likeness (QED) is 0.856. The number of benzene rings is 1. The third-order valence-electron chi connectivity index (χ3n) is 2.55. The van der Waals surface area contributed by atoms with Crippen LogP contribution >= 0.6 is 0 Å². The average Bonchev–Trinajstić information content (AvgIpc) is 2.89. The Balaban J connectivity index is 2.39. The van der Waals surface area contributed by atoms with E-state index in [1.807, 2.05) is 32.0 Å². The molecule has 1 N–H and O–H groups in total. The van der Waals surface area contributed by atoms with Gasteiger partial charge in [0, 0.05) is 6.07 Å². The lowest BCUT2D eigenvalue weighted by Gasteiger charge is -2.12. The fourth-order valence-corrected chi connectivity index (χ4v) is 1.75. The van der Waals surface area contributed by atoms with Crippen molar-refractivity contribution in [3.8, 4) is 17.2 Å². The lowest BCUT2D eigenvalue weighted by atomic mass is 10.2. The third kappa shape index (κ3) is 2.85. The SMILES string of the molecule is CCOc1ccc(-n2nncc2CO)cc1OCC. The molecule has 0 spiro atoms. The van der Waals surface area contributed by atoms with Crippen molar-refractivity contribution < 1.29 is 14.6 Å². The molecule has 0 radical (unpaired) electrons. The summed E-state index contributed by atoms with van der Waals surface area (Å²) in [6.07, 6.45) is 1.52. The zero-order valence-electron chi connectivity index (χ0n) is 11.0. The summed E-state index contributed by atoms with van der Waals surface area (Å²) in [5, 5.41) is 17.0. The van der Waals surface area contributed by atoms with Crippen molar-refractivity contribution in [2.24, 2.45) is 0 Å². The third-order valence-corrected chi connectivity index (χ3v) is 2.55. The zero-order valence-corrected chi connectivity index (χ0v) is 11.0. The van der Waals surface area contributed by atoms with E-state index in [0.29, 0.717) is 30.4 Å². The van der Waals surface area contributed by atoms with Crippen LogP contribution in [0.5, 0.6) is 11.5 Å². The maximum absolute atomic E-state index is 9.22. The molecule has 102 valence electrons. The van der Waals surface area contributed by atoms with Crippen molar-refractivity contribution >= 4 is 0 Å². The second-order valence-electron chi connectivity index (χ2n) is 3.79. The zero-order chi connectivity index (χ0) is 13.7. The van der Waals surface area contributed by atoms with Gasteiger partial charge in [-0.05, 0) is 26.0 Å². The molecule has 6 heteroatoms. The summed E-state index contributed by atoms with van der Waals surface area (Å²) >= 11 is 0. The highest BCUT2D eigenvalue weighted by atomic mass is 16.5. The van der Waals surface area contributed by atoms with E-state index in [1.54, 1.807) is 4.68 Å². The van der Waals surface area contributed by atoms with Gasteiger partial charge in [-0.15, -0.1) is 5.10 Å². The van der Waals surface area contributed by atoms with Crippen molar-refractivity contribution in [2.45, 2.75) is 20.5 Å². The van der Waals surface area contributed by atoms with E-state index in [-0.39, 0.29) is 6.61 Å². The first-order valence-corrected chi connectivity index (χ1v) is 6.20. The van der Waals surface area contributed by atoms with E-state index in [2.05, 4.69) is 10.3 Å². The molecule has 19 heavy (non-hydrogen) atoms. The van der Waals surface area contributed by atoms with Gasteiger partial charge in [0.05, 0.1) is 37.4 Å². The molecule has 2 aromatic rings. The molecule has 0 amide bonds. The van der Waals surface area contributed by atoms with Crippen LogP contribution in [0.2, 0.25) is 0 Å². The topological polar surface area (TPSA) is 69.4 Å². The number of rotatable bonds is 6. The van der Waals surface area contributed by atoms with Gasteiger partial charge in [0.1, 0.15) is 0 Å². The number of aliphatic hydroxyl groups excluding tert-OH is 1. The average molecular weight is 263 g/mol. The minimum Gasteiger partial charge on any atom is -0.490 e. The van der Waals surface area contributed by atoms with Gasteiger partial charge in [0.2, 0.25) is 0 Å². The van der Waals surface area contributed by atoms with E-state index in [4.69, 9.17) is 9.47 Å². The summed E-state index contributed by atoms with van der Waals surface area (Å²) in [5.41, 5.74) is 1.39. The summed E-state index contributed by atoms with van der Waals surface area (Å²) in [5.74, 6) is 1.35. The van der Waals surface area contributed by atoms with Gasteiger partial charge in [-0.25, -0.2) is 4.68 Å². The molecular weight excluding hydrogens is 246 g/mol. The van der Waals surface area contributed by atoms with Crippen LogP contribution in [0.15, 0.2) is 24.4 Å². The number of nitrogens with zero attached hydrogens (tertiary/aromatic N) is 3. The maximum Gasteiger partial charge on any atom is 0.163 e. The first kappa shape index (κ1) is 13.4. The maximum atomic E-state index is 9.22. The Hall–Kier alpha value is -2.08. The molecular formula is C13H17N3O3. The van der Waals surface area contributed by atoms with Crippen molar-refractivity contribution in [2.75, 3.05) is 13.2 Å². The van der Waals surface area contributed by atoms with E-state index >= 15 is 0 Å². The predicted octanol–water partition coefficient (Wildman–Crippen LogP) is 1.56. The number of aromatic nitrogens is 3.